The molecule has 0 aromatic carbocycles. The van der Waals surface area contributed by atoms with Crippen LogP contribution in [0.4, 0.5) is 5.95 Å². The quantitative estimate of drug-likeness (QED) is 0.871. The van der Waals surface area contributed by atoms with E-state index in [1.165, 1.54) is 11.1 Å². The standard InChI is InChI=1S/C19H27N7/c1-24-8-10-25(11-9-24)19-22-12-16(13-23-19)15-26-7-6-21-14-18(26)17-2-4-20-5-3-17/h2-5,12-13,18,21H,6-11,14-15H2,1H3. The molecule has 0 saturated carbocycles. The van der Waals surface area contributed by atoms with Crippen LogP contribution in [0, 0.1) is 0 Å². The van der Waals surface area contributed by atoms with Crippen molar-refractivity contribution in [3.05, 3.63) is 48.0 Å². The van der Waals surface area contributed by atoms with Gasteiger partial charge < -0.3 is 15.1 Å². The number of anilines is 1. The number of likely N-dealkylation sites (N-methyl/N-ethyl adjacent to an activating group) is 1. The van der Waals surface area contributed by atoms with Crippen molar-refractivity contribution >= 4 is 5.95 Å². The van der Waals surface area contributed by atoms with Gasteiger partial charge in [-0.2, -0.15) is 0 Å². The Morgan fingerprint density at radius 3 is 2.50 bits per heavy atom. The van der Waals surface area contributed by atoms with Crippen LogP contribution in [-0.2, 0) is 6.54 Å². The Balaban J connectivity index is 1.42. The number of hydrogen-bond donors (Lipinski definition) is 1. The minimum Gasteiger partial charge on any atom is -0.338 e. The number of pyridine rings is 1. The van der Waals surface area contributed by atoms with Crippen molar-refractivity contribution in [3.8, 4) is 0 Å². The molecular formula is C19H27N7. The highest BCUT2D eigenvalue weighted by Gasteiger charge is 2.24. The lowest BCUT2D eigenvalue weighted by atomic mass is 10.0. The van der Waals surface area contributed by atoms with Gasteiger partial charge in [-0.3, -0.25) is 9.88 Å². The van der Waals surface area contributed by atoms with Crippen molar-refractivity contribution < 1.29 is 0 Å². The average Bonchev–Trinajstić information content (AvgIpc) is 2.70. The fourth-order valence-electron chi connectivity index (χ4n) is 3.68. The van der Waals surface area contributed by atoms with Gasteiger partial charge in [-0.25, -0.2) is 9.97 Å². The van der Waals surface area contributed by atoms with E-state index in [4.69, 9.17) is 0 Å². The molecule has 0 radical (unpaired) electrons. The Morgan fingerprint density at radius 1 is 1.04 bits per heavy atom. The van der Waals surface area contributed by atoms with Crippen LogP contribution in [0.5, 0.6) is 0 Å². The minimum absolute atomic E-state index is 0.365. The summed E-state index contributed by atoms with van der Waals surface area (Å²) >= 11 is 0. The van der Waals surface area contributed by atoms with Gasteiger partial charge in [-0.05, 0) is 24.7 Å². The Bertz CT molecular complexity index is 683. The first-order valence-corrected chi connectivity index (χ1v) is 9.39. The zero-order valence-corrected chi connectivity index (χ0v) is 15.4. The number of nitrogens with zero attached hydrogens (tertiary/aromatic N) is 6. The molecule has 7 heteroatoms. The Hall–Kier alpha value is -2.09. The maximum Gasteiger partial charge on any atom is 0.225 e. The molecular weight excluding hydrogens is 326 g/mol. The lowest BCUT2D eigenvalue weighted by molar-refractivity contribution is 0.153. The fraction of sp³-hybridized carbons (Fsp3) is 0.526. The molecule has 1 atom stereocenters. The van der Waals surface area contributed by atoms with Crippen molar-refractivity contribution in [2.24, 2.45) is 0 Å². The van der Waals surface area contributed by atoms with Crippen molar-refractivity contribution in [1.82, 2.24) is 30.1 Å². The molecule has 2 aromatic rings. The summed E-state index contributed by atoms with van der Waals surface area (Å²) in [6.07, 6.45) is 7.73. The largest absolute Gasteiger partial charge is 0.338 e. The molecule has 2 aliphatic rings. The van der Waals surface area contributed by atoms with Gasteiger partial charge in [-0.1, -0.05) is 0 Å². The number of nitrogens with one attached hydrogen (secondary N) is 1. The molecule has 4 heterocycles. The summed E-state index contributed by atoms with van der Waals surface area (Å²) in [5, 5.41) is 3.50. The van der Waals surface area contributed by atoms with Crippen LogP contribution in [0.25, 0.3) is 0 Å². The monoisotopic (exact) mass is 353 g/mol. The molecule has 4 rings (SSSR count). The molecule has 0 spiro atoms. The molecule has 2 fully saturated rings. The lowest BCUT2D eigenvalue weighted by Crippen LogP contribution is -2.45. The predicted molar refractivity (Wildman–Crippen MR) is 102 cm³/mol. The zero-order valence-electron chi connectivity index (χ0n) is 15.4. The molecule has 0 aliphatic carbocycles. The molecule has 138 valence electrons. The van der Waals surface area contributed by atoms with Crippen LogP contribution >= 0.6 is 0 Å². The van der Waals surface area contributed by atoms with E-state index in [2.05, 4.69) is 54.1 Å². The van der Waals surface area contributed by atoms with E-state index < -0.39 is 0 Å². The smallest absolute Gasteiger partial charge is 0.225 e. The normalized spacial score (nSPS) is 22.5. The summed E-state index contributed by atoms with van der Waals surface area (Å²) in [5.41, 5.74) is 2.48. The summed E-state index contributed by atoms with van der Waals surface area (Å²) in [7, 11) is 2.16. The summed E-state index contributed by atoms with van der Waals surface area (Å²) < 4.78 is 0. The maximum absolute atomic E-state index is 4.63. The summed E-state index contributed by atoms with van der Waals surface area (Å²) in [5.74, 6) is 0.854. The first-order chi connectivity index (χ1) is 12.8. The fourth-order valence-corrected chi connectivity index (χ4v) is 3.68. The van der Waals surface area contributed by atoms with Gasteiger partial charge in [-0.15, -0.1) is 0 Å². The van der Waals surface area contributed by atoms with E-state index >= 15 is 0 Å². The molecule has 7 nitrogen and oxygen atoms in total. The van der Waals surface area contributed by atoms with Gasteiger partial charge in [0.2, 0.25) is 5.95 Å². The van der Waals surface area contributed by atoms with Crippen LogP contribution in [0.15, 0.2) is 36.9 Å². The van der Waals surface area contributed by atoms with Crippen LogP contribution in [0.2, 0.25) is 0 Å². The Labute approximate surface area is 155 Å². The highest BCUT2D eigenvalue weighted by Crippen LogP contribution is 2.23. The van der Waals surface area contributed by atoms with Gasteiger partial charge in [0.05, 0.1) is 0 Å². The number of piperazine rings is 2. The molecule has 1 N–H and O–H groups in total. The molecule has 2 saturated heterocycles. The second kappa shape index (κ2) is 8.07. The van der Waals surface area contributed by atoms with E-state index in [0.29, 0.717) is 6.04 Å². The van der Waals surface area contributed by atoms with Gasteiger partial charge in [0.25, 0.3) is 0 Å². The van der Waals surface area contributed by atoms with Crippen LogP contribution < -0.4 is 10.2 Å². The van der Waals surface area contributed by atoms with Crippen LogP contribution in [0.1, 0.15) is 17.2 Å². The zero-order chi connectivity index (χ0) is 17.8. The first-order valence-electron chi connectivity index (χ1n) is 9.39. The third-order valence-corrected chi connectivity index (χ3v) is 5.31. The molecule has 2 aliphatic heterocycles. The van der Waals surface area contributed by atoms with Gasteiger partial charge in [0, 0.05) is 88.8 Å². The summed E-state index contributed by atoms with van der Waals surface area (Å²) in [6, 6.07) is 4.58. The van der Waals surface area contributed by atoms with Crippen molar-refractivity contribution in [2.75, 3.05) is 57.8 Å². The Kier molecular flexibility index (Phi) is 5.38. The van der Waals surface area contributed by atoms with E-state index in [1.807, 2.05) is 24.8 Å². The lowest BCUT2D eigenvalue weighted by Gasteiger charge is -2.36. The average molecular weight is 353 g/mol. The number of rotatable bonds is 4. The Morgan fingerprint density at radius 2 is 1.77 bits per heavy atom. The number of aromatic nitrogens is 3. The molecule has 0 bridgehead atoms. The highest BCUT2D eigenvalue weighted by atomic mass is 15.3. The van der Waals surface area contributed by atoms with E-state index in [0.717, 1.165) is 58.3 Å². The first kappa shape index (κ1) is 17.3. The van der Waals surface area contributed by atoms with E-state index in [1.54, 1.807) is 0 Å². The topological polar surface area (TPSA) is 60.4 Å². The van der Waals surface area contributed by atoms with E-state index in [9.17, 15) is 0 Å². The third-order valence-electron chi connectivity index (χ3n) is 5.31. The second-order valence-electron chi connectivity index (χ2n) is 7.15. The van der Waals surface area contributed by atoms with E-state index in [-0.39, 0.29) is 0 Å². The van der Waals surface area contributed by atoms with Crippen molar-refractivity contribution in [2.45, 2.75) is 12.6 Å². The minimum atomic E-state index is 0.365. The SMILES string of the molecule is CN1CCN(c2ncc(CN3CCNCC3c3ccncc3)cn2)CC1. The molecule has 1 unspecified atom stereocenters. The van der Waals surface area contributed by atoms with Crippen molar-refractivity contribution in [1.29, 1.82) is 0 Å². The molecule has 26 heavy (non-hydrogen) atoms. The summed E-state index contributed by atoms with van der Waals surface area (Å²) in [4.78, 5) is 20.5. The van der Waals surface area contributed by atoms with Crippen LogP contribution in [0.3, 0.4) is 0 Å². The molecule has 2 aromatic heterocycles. The third kappa shape index (κ3) is 4.00. The van der Waals surface area contributed by atoms with Crippen LogP contribution in [-0.4, -0.2) is 77.6 Å². The van der Waals surface area contributed by atoms with Crippen molar-refractivity contribution in [3.63, 3.8) is 0 Å². The van der Waals surface area contributed by atoms with Gasteiger partial charge >= 0.3 is 0 Å². The number of hydrogen-bond acceptors (Lipinski definition) is 7. The summed E-state index contributed by atoms with van der Waals surface area (Å²) in [6.45, 7) is 8.01. The van der Waals surface area contributed by atoms with Gasteiger partial charge in [0.15, 0.2) is 0 Å². The predicted octanol–water partition coefficient (Wildman–Crippen LogP) is 0.770. The highest BCUT2D eigenvalue weighted by molar-refractivity contribution is 5.30. The van der Waals surface area contributed by atoms with Gasteiger partial charge in [0.1, 0.15) is 0 Å². The maximum atomic E-state index is 4.63. The second-order valence-corrected chi connectivity index (χ2v) is 7.15. The molecule has 0 amide bonds.